The van der Waals surface area contributed by atoms with E-state index >= 15 is 0 Å². The molecule has 0 saturated heterocycles. The van der Waals surface area contributed by atoms with Gasteiger partial charge in [-0.2, -0.15) is 0 Å². The first-order valence-corrected chi connectivity index (χ1v) is 15.5. The lowest BCUT2D eigenvalue weighted by Gasteiger charge is -2.58. The summed E-state index contributed by atoms with van der Waals surface area (Å²) in [6, 6.07) is 0. The van der Waals surface area contributed by atoms with E-state index in [1.807, 2.05) is 0 Å². The van der Waals surface area contributed by atoms with E-state index in [2.05, 4.69) is 54.5 Å². The van der Waals surface area contributed by atoms with Crippen LogP contribution in [0.4, 0.5) is 0 Å². The Morgan fingerprint density at radius 1 is 1.03 bits per heavy atom. The summed E-state index contributed by atoms with van der Waals surface area (Å²) in [5.74, 6) is 5.73. The van der Waals surface area contributed by atoms with Gasteiger partial charge in [0.25, 0.3) is 0 Å². The Balaban J connectivity index is 1.41. The number of rotatable bonds is 9. The molecule has 0 aliphatic heterocycles. The maximum absolute atomic E-state index is 12.5. The molecule has 0 bridgehead atoms. The van der Waals surface area contributed by atoms with Gasteiger partial charge in [-0.1, -0.05) is 85.8 Å². The van der Waals surface area contributed by atoms with Gasteiger partial charge in [-0.25, -0.2) is 0 Å². The summed E-state index contributed by atoms with van der Waals surface area (Å²) in [6.45, 7) is 16.9. The fourth-order valence-corrected chi connectivity index (χ4v) is 9.42. The molecular weight excluding hydrogens is 428 g/mol. The van der Waals surface area contributed by atoms with Crippen LogP contribution in [-0.2, 0) is 9.53 Å². The van der Waals surface area contributed by atoms with E-state index in [0.717, 1.165) is 54.8 Å². The summed E-state index contributed by atoms with van der Waals surface area (Å²) in [5, 5.41) is 0. The molecule has 0 aromatic rings. The number of esters is 1. The second kappa shape index (κ2) is 10.9. The zero-order valence-corrected chi connectivity index (χ0v) is 24.2. The summed E-state index contributed by atoms with van der Waals surface area (Å²) in [5.41, 5.74) is 2.53. The zero-order chi connectivity index (χ0) is 25.4. The van der Waals surface area contributed by atoms with Crippen molar-refractivity contribution in [2.45, 2.75) is 138 Å². The van der Waals surface area contributed by atoms with Crippen LogP contribution in [0.3, 0.4) is 0 Å². The summed E-state index contributed by atoms with van der Waals surface area (Å²) in [7, 11) is 0. The van der Waals surface area contributed by atoms with Crippen molar-refractivity contribution in [3.05, 3.63) is 11.6 Å². The van der Waals surface area contributed by atoms with Gasteiger partial charge in [0.1, 0.15) is 6.10 Å². The van der Waals surface area contributed by atoms with Crippen molar-refractivity contribution < 1.29 is 9.53 Å². The van der Waals surface area contributed by atoms with E-state index in [1.54, 1.807) is 5.57 Å². The third-order valence-electron chi connectivity index (χ3n) is 11.8. The molecule has 9 atom stereocenters. The van der Waals surface area contributed by atoms with E-state index in [9.17, 15) is 4.79 Å². The van der Waals surface area contributed by atoms with Crippen LogP contribution >= 0.6 is 0 Å². The predicted octanol–water partition coefficient (Wildman–Crippen LogP) is 9.38. The second-order valence-electron chi connectivity index (χ2n) is 14.4. The van der Waals surface area contributed by atoms with Crippen molar-refractivity contribution in [1.82, 2.24) is 0 Å². The first kappa shape index (κ1) is 27.3. The molecular formula is C33H56O2. The number of carbonyl (C=O) groups excluding carboxylic acids is 1. The van der Waals surface area contributed by atoms with Gasteiger partial charge >= 0.3 is 5.97 Å². The topological polar surface area (TPSA) is 26.3 Å². The van der Waals surface area contributed by atoms with Crippen LogP contribution in [0.2, 0.25) is 0 Å². The fourth-order valence-electron chi connectivity index (χ4n) is 9.42. The Labute approximate surface area is 217 Å². The van der Waals surface area contributed by atoms with Gasteiger partial charge in [0.05, 0.1) is 0 Å². The van der Waals surface area contributed by atoms with Crippen LogP contribution in [-0.4, -0.2) is 12.1 Å². The number of fused-ring (bicyclic) bond motifs is 5. The Morgan fingerprint density at radius 3 is 2.51 bits per heavy atom. The van der Waals surface area contributed by atoms with Crippen molar-refractivity contribution in [3.8, 4) is 0 Å². The SMILES string of the molecule is CCC(C)CC(=O)OC1CCC2(C)C(=CCC3C2CCC2(C)C(C(C)CCCC(C)C)CCC32)C1. The molecule has 0 spiro atoms. The highest BCUT2D eigenvalue weighted by Crippen LogP contribution is 2.67. The fraction of sp³-hybridized carbons (Fsp3) is 0.909. The third-order valence-corrected chi connectivity index (χ3v) is 11.8. The second-order valence-corrected chi connectivity index (χ2v) is 14.4. The minimum atomic E-state index is 0.0233. The van der Waals surface area contributed by atoms with E-state index in [1.165, 1.54) is 57.8 Å². The molecule has 9 unspecified atom stereocenters. The molecule has 0 amide bonds. The monoisotopic (exact) mass is 484 g/mol. The minimum Gasteiger partial charge on any atom is -0.462 e. The molecule has 3 fully saturated rings. The van der Waals surface area contributed by atoms with Crippen molar-refractivity contribution in [1.29, 1.82) is 0 Å². The van der Waals surface area contributed by atoms with Gasteiger partial charge in [-0.3, -0.25) is 4.79 Å². The number of carbonyl (C=O) groups is 1. The Kier molecular flexibility index (Phi) is 8.49. The van der Waals surface area contributed by atoms with E-state index in [4.69, 9.17) is 4.74 Å². The molecule has 4 aliphatic carbocycles. The number of hydrogen-bond acceptors (Lipinski definition) is 2. The molecule has 4 rings (SSSR count). The molecule has 0 N–H and O–H groups in total. The van der Waals surface area contributed by atoms with Gasteiger partial charge in [-0.15, -0.1) is 0 Å². The lowest BCUT2D eigenvalue weighted by molar-refractivity contribution is -0.152. The van der Waals surface area contributed by atoms with Crippen LogP contribution < -0.4 is 0 Å². The van der Waals surface area contributed by atoms with Crippen LogP contribution in [0.15, 0.2) is 11.6 Å². The Morgan fingerprint density at radius 2 is 1.80 bits per heavy atom. The molecule has 0 aromatic heterocycles. The molecule has 0 aromatic carbocycles. The van der Waals surface area contributed by atoms with Gasteiger partial charge in [0.2, 0.25) is 0 Å². The smallest absolute Gasteiger partial charge is 0.306 e. The minimum absolute atomic E-state index is 0.0233. The standard InChI is InChI=1S/C33H56O2/c1-8-23(4)20-31(34)35-26-16-18-32(6)25(21-26)12-13-27-29-15-14-28(24(5)11-9-10-22(2)3)33(29,7)19-17-30(27)32/h12,22-24,26-30H,8-11,13-21H2,1-7H3. The average Bonchev–Trinajstić information content (AvgIpc) is 3.16. The van der Waals surface area contributed by atoms with E-state index < -0.39 is 0 Å². The van der Waals surface area contributed by atoms with E-state index in [0.29, 0.717) is 23.2 Å². The first-order valence-electron chi connectivity index (χ1n) is 15.5. The molecule has 2 nitrogen and oxygen atoms in total. The number of allylic oxidation sites excluding steroid dienone is 1. The summed E-state index contributed by atoms with van der Waals surface area (Å²) in [4.78, 5) is 12.5. The number of ether oxygens (including phenoxy) is 1. The number of hydrogen-bond donors (Lipinski definition) is 0. The molecule has 3 saturated carbocycles. The highest BCUT2D eigenvalue weighted by atomic mass is 16.5. The van der Waals surface area contributed by atoms with Crippen LogP contribution in [0.25, 0.3) is 0 Å². The van der Waals surface area contributed by atoms with Crippen molar-refractivity contribution in [3.63, 3.8) is 0 Å². The summed E-state index contributed by atoms with van der Waals surface area (Å²) < 4.78 is 5.99. The van der Waals surface area contributed by atoms with Gasteiger partial charge in [0, 0.05) is 12.8 Å². The lowest BCUT2D eigenvalue weighted by Crippen LogP contribution is -2.51. The Hall–Kier alpha value is -0.790. The summed E-state index contributed by atoms with van der Waals surface area (Å²) >= 11 is 0. The van der Waals surface area contributed by atoms with E-state index in [-0.39, 0.29) is 12.1 Å². The lowest BCUT2D eigenvalue weighted by atomic mass is 9.47. The van der Waals surface area contributed by atoms with Gasteiger partial charge in [0.15, 0.2) is 0 Å². The normalized spacial score (nSPS) is 40.3. The predicted molar refractivity (Wildman–Crippen MR) is 147 cm³/mol. The Bertz CT molecular complexity index is 767. The molecule has 200 valence electrons. The van der Waals surface area contributed by atoms with Crippen LogP contribution in [0, 0.1) is 52.3 Å². The van der Waals surface area contributed by atoms with Gasteiger partial charge < -0.3 is 4.74 Å². The third kappa shape index (κ3) is 5.43. The molecule has 35 heavy (non-hydrogen) atoms. The highest BCUT2D eigenvalue weighted by molar-refractivity contribution is 5.69. The molecule has 4 aliphatic rings. The average molecular weight is 485 g/mol. The molecule has 2 heteroatoms. The first-order chi connectivity index (χ1) is 16.6. The maximum Gasteiger partial charge on any atom is 0.306 e. The highest BCUT2D eigenvalue weighted by Gasteiger charge is 2.59. The summed E-state index contributed by atoms with van der Waals surface area (Å²) in [6.07, 6.45) is 18.9. The van der Waals surface area contributed by atoms with Crippen molar-refractivity contribution in [2.75, 3.05) is 0 Å². The molecule has 0 radical (unpaired) electrons. The van der Waals surface area contributed by atoms with Crippen LogP contribution in [0.5, 0.6) is 0 Å². The van der Waals surface area contributed by atoms with Crippen molar-refractivity contribution in [2.24, 2.45) is 52.3 Å². The maximum atomic E-state index is 12.5. The quantitative estimate of drug-likeness (QED) is 0.241. The van der Waals surface area contributed by atoms with Gasteiger partial charge in [-0.05, 0) is 97.2 Å². The largest absolute Gasteiger partial charge is 0.462 e. The van der Waals surface area contributed by atoms with Crippen molar-refractivity contribution >= 4 is 5.97 Å². The van der Waals surface area contributed by atoms with Crippen LogP contribution in [0.1, 0.15) is 132 Å². The zero-order valence-electron chi connectivity index (χ0n) is 24.2. The molecule has 0 heterocycles.